The number of benzene rings is 2. The zero-order chi connectivity index (χ0) is 18.1. The molecule has 0 aliphatic heterocycles. The maximum atomic E-state index is 10.3. The number of hydrogen-bond acceptors (Lipinski definition) is 2. The van der Waals surface area contributed by atoms with Gasteiger partial charge in [-0.1, -0.05) is 24.3 Å². The molecule has 0 saturated heterocycles. The third kappa shape index (κ3) is 2.42. The quantitative estimate of drug-likeness (QED) is 0.560. The lowest BCUT2D eigenvalue weighted by atomic mass is 9.54. The number of nitrogens with two attached hydrogens (primary N) is 1. The number of aliphatic hydroxyl groups excluding tert-OH is 1. The molecule has 0 heterocycles. The molecule has 140 valence electrons. The Hall–Kier alpha value is -2.07. The highest BCUT2D eigenvalue weighted by Crippen LogP contribution is 2.54. The van der Waals surface area contributed by atoms with Crippen LogP contribution < -0.4 is 11.1 Å². The second kappa shape index (κ2) is 5.71. The molecule has 1 unspecified atom stereocenters. The second-order valence-corrected chi connectivity index (χ2v) is 9.32. The fraction of sp³-hybridized carbons (Fsp3) is 0.522. The van der Waals surface area contributed by atoms with E-state index in [0.29, 0.717) is 18.4 Å². The fourth-order valence-electron chi connectivity index (χ4n) is 6.82. The van der Waals surface area contributed by atoms with Crippen LogP contribution in [-0.4, -0.2) is 17.1 Å². The molecule has 4 fully saturated rings. The Kier molecular flexibility index (Phi) is 3.37. The lowest BCUT2D eigenvalue weighted by molar-refractivity contribution is 0.00124. The molecule has 4 saturated carbocycles. The van der Waals surface area contributed by atoms with Crippen molar-refractivity contribution in [3.8, 4) is 0 Å². The molecule has 7 rings (SSSR count). The van der Waals surface area contributed by atoms with Crippen LogP contribution in [0.2, 0.25) is 0 Å². The van der Waals surface area contributed by atoms with Crippen LogP contribution in [0.3, 0.4) is 0 Å². The molecule has 4 N–H and O–H groups in total. The Morgan fingerprint density at radius 1 is 1.00 bits per heavy atom. The van der Waals surface area contributed by atoms with Crippen LogP contribution in [0.25, 0.3) is 10.8 Å². The molecule has 1 atom stereocenters. The monoisotopic (exact) mass is 361 g/mol. The van der Waals surface area contributed by atoms with Gasteiger partial charge in [0.2, 0.25) is 0 Å². The van der Waals surface area contributed by atoms with Crippen LogP contribution in [0.1, 0.15) is 49.3 Å². The summed E-state index contributed by atoms with van der Waals surface area (Å²) in [4.78, 5) is 4.99. The first-order chi connectivity index (χ1) is 13.2. The number of rotatable bonds is 2. The minimum Gasteiger partial charge on any atom is -0.388 e. The van der Waals surface area contributed by atoms with Crippen LogP contribution in [0, 0.1) is 23.7 Å². The Labute approximate surface area is 159 Å². The van der Waals surface area contributed by atoms with Crippen molar-refractivity contribution in [3.63, 3.8) is 0 Å². The van der Waals surface area contributed by atoms with Crippen molar-refractivity contribution in [2.45, 2.75) is 50.7 Å². The Morgan fingerprint density at radius 3 is 2.48 bits per heavy atom. The van der Waals surface area contributed by atoms with Gasteiger partial charge in [-0.3, -0.25) is 0 Å². The van der Waals surface area contributed by atoms with Crippen molar-refractivity contribution >= 4 is 22.4 Å². The number of aliphatic imine (C=N–C) groups is 1. The van der Waals surface area contributed by atoms with Gasteiger partial charge in [0, 0.05) is 17.5 Å². The predicted molar refractivity (Wildman–Crippen MR) is 109 cm³/mol. The molecular weight excluding hydrogens is 334 g/mol. The van der Waals surface area contributed by atoms with Crippen molar-refractivity contribution < 1.29 is 5.11 Å². The van der Waals surface area contributed by atoms with Gasteiger partial charge in [0.25, 0.3) is 0 Å². The smallest absolute Gasteiger partial charge is 0.193 e. The number of hydrogen-bond donors (Lipinski definition) is 3. The lowest BCUT2D eigenvalue weighted by Crippen LogP contribution is -2.48. The second-order valence-electron chi connectivity index (χ2n) is 9.32. The highest BCUT2D eigenvalue weighted by atomic mass is 16.3. The fourth-order valence-corrected chi connectivity index (χ4v) is 6.82. The highest BCUT2D eigenvalue weighted by molar-refractivity contribution is 6.05. The average molecular weight is 361 g/mol. The van der Waals surface area contributed by atoms with E-state index < -0.39 is 6.10 Å². The summed E-state index contributed by atoms with van der Waals surface area (Å²) in [5.41, 5.74) is 9.63. The molecule has 5 aliphatic carbocycles. The molecule has 0 radical (unpaired) electrons. The first-order valence-electron chi connectivity index (χ1n) is 10.5. The molecule has 4 bridgehead atoms. The van der Waals surface area contributed by atoms with Gasteiger partial charge in [0.05, 0.1) is 12.1 Å². The molecular formula is C23H27N3O. The van der Waals surface area contributed by atoms with Gasteiger partial charge >= 0.3 is 0 Å². The summed E-state index contributed by atoms with van der Waals surface area (Å²) >= 11 is 0. The van der Waals surface area contributed by atoms with E-state index in [4.69, 9.17) is 10.7 Å². The summed E-state index contributed by atoms with van der Waals surface area (Å²) in [6, 6.07) is 10.8. The zero-order valence-electron chi connectivity index (χ0n) is 15.6. The Morgan fingerprint density at radius 2 is 1.74 bits per heavy atom. The summed E-state index contributed by atoms with van der Waals surface area (Å²) in [5, 5.41) is 16.0. The Bertz CT molecular complexity index is 922. The van der Waals surface area contributed by atoms with Gasteiger partial charge in [-0.05, 0) is 78.4 Å². The Balaban J connectivity index is 1.31. The van der Waals surface area contributed by atoms with Gasteiger partial charge in [0.1, 0.15) is 0 Å². The van der Waals surface area contributed by atoms with Crippen molar-refractivity contribution in [1.29, 1.82) is 0 Å². The molecule has 0 spiro atoms. The van der Waals surface area contributed by atoms with Crippen molar-refractivity contribution in [1.82, 2.24) is 0 Å². The molecule has 0 aromatic heterocycles. The van der Waals surface area contributed by atoms with E-state index in [-0.39, 0.29) is 0 Å². The van der Waals surface area contributed by atoms with Crippen molar-refractivity contribution in [3.05, 3.63) is 41.5 Å². The first kappa shape index (κ1) is 15.9. The van der Waals surface area contributed by atoms with E-state index in [0.717, 1.165) is 40.3 Å². The lowest BCUT2D eigenvalue weighted by Gasteiger charge is -2.53. The topological polar surface area (TPSA) is 70.6 Å². The van der Waals surface area contributed by atoms with Crippen LogP contribution in [-0.2, 0) is 6.42 Å². The number of anilines is 1. The molecule has 27 heavy (non-hydrogen) atoms. The molecule has 0 amide bonds. The summed E-state index contributed by atoms with van der Waals surface area (Å²) < 4.78 is 0. The summed E-state index contributed by atoms with van der Waals surface area (Å²) in [6.45, 7) is 0. The van der Waals surface area contributed by atoms with Crippen molar-refractivity contribution in [2.24, 2.45) is 34.4 Å². The number of nitrogens with zero attached hydrogens (tertiary/aromatic N) is 1. The largest absolute Gasteiger partial charge is 0.388 e. The minimum atomic E-state index is -0.391. The molecule has 2 aromatic carbocycles. The first-order valence-corrected chi connectivity index (χ1v) is 10.5. The van der Waals surface area contributed by atoms with Crippen LogP contribution in [0.5, 0.6) is 0 Å². The highest BCUT2D eigenvalue weighted by Gasteiger charge is 2.48. The van der Waals surface area contributed by atoms with Gasteiger partial charge in [-0.25, -0.2) is 4.99 Å². The van der Waals surface area contributed by atoms with Gasteiger partial charge < -0.3 is 16.2 Å². The van der Waals surface area contributed by atoms with E-state index in [9.17, 15) is 5.11 Å². The van der Waals surface area contributed by atoms with Crippen LogP contribution in [0.4, 0.5) is 5.69 Å². The van der Waals surface area contributed by atoms with Gasteiger partial charge in [0.15, 0.2) is 5.96 Å². The maximum Gasteiger partial charge on any atom is 0.193 e. The summed E-state index contributed by atoms with van der Waals surface area (Å²) in [5.74, 6) is 3.94. The standard InChI is InChI=1S/C23H27N3O/c24-23(26-22-15-7-12-6-13(9-15)10-16(22)8-12)25-19-5-4-18-20(27)11-14-2-1-3-17(19)21(14)18/h1-5,12-13,15-16,20,22,27H,6-11H2,(H3,24,25,26). The molecule has 2 aromatic rings. The van der Waals surface area contributed by atoms with E-state index >= 15 is 0 Å². The van der Waals surface area contributed by atoms with E-state index in [1.807, 2.05) is 12.1 Å². The maximum absolute atomic E-state index is 10.3. The van der Waals surface area contributed by atoms with E-state index in [1.54, 1.807) is 0 Å². The number of guanidine groups is 1. The predicted octanol–water partition coefficient (Wildman–Crippen LogP) is 3.98. The number of nitrogens with one attached hydrogen (secondary N) is 1. The van der Waals surface area contributed by atoms with Gasteiger partial charge in [-0.2, -0.15) is 0 Å². The van der Waals surface area contributed by atoms with E-state index in [1.165, 1.54) is 43.1 Å². The summed E-state index contributed by atoms with van der Waals surface area (Å²) in [7, 11) is 0. The molecule has 4 heteroatoms. The summed E-state index contributed by atoms with van der Waals surface area (Å²) in [6.07, 6.45) is 7.19. The minimum absolute atomic E-state index is 0.391. The van der Waals surface area contributed by atoms with E-state index in [2.05, 4.69) is 23.5 Å². The van der Waals surface area contributed by atoms with Gasteiger partial charge in [-0.15, -0.1) is 0 Å². The SMILES string of the molecule is NC(=NC1C2CC3CC(C2)CC1C3)Nc1ccc2c3c(cccc13)CC2O. The number of aliphatic hydroxyl groups is 1. The molecule has 5 aliphatic rings. The normalized spacial score (nSPS) is 36.6. The molecule has 4 nitrogen and oxygen atoms in total. The third-order valence-electron chi connectivity index (χ3n) is 7.66. The van der Waals surface area contributed by atoms with Crippen LogP contribution >= 0.6 is 0 Å². The van der Waals surface area contributed by atoms with Crippen LogP contribution in [0.15, 0.2) is 35.3 Å². The van der Waals surface area contributed by atoms with Crippen molar-refractivity contribution in [2.75, 3.05) is 5.32 Å². The third-order valence-corrected chi connectivity index (χ3v) is 7.66. The average Bonchev–Trinajstić information content (AvgIpc) is 2.97. The zero-order valence-corrected chi connectivity index (χ0v) is 15.6.